The predicted molar refractivity (Wildman–Crippen MR) is 117 cm³/mol. The molecule has 0 amide bonds. The molecule has 0 aliphatic carbocycles. The lowest BCUT2D eigenvalue weighted by Crippen LogP contribution is -2.36. The second-order valence-corrected chi connectivity index (χ2v) is 8.13. The lowest BCUT2D eigenvalue weighted by molar-refractivity contribution is 0.242. The molecule has 0 atom stereocenters. The Kier molecular flexibility index (Phi) is 5.04. The van der Waals surface area contributed by atoms with Crippen LogP contribution in [0.25, 0.3) is 11.3 Å². The average molecular weight is 403 g/mol. The van der Waals surface area contributed by atoms with Crippen molar-refractivity contribution < 1.29 is 0 Å². The molecule has 1 aromatic carbocycles. The average Bonchev–Trinajstić information content (AvgIpc) is 3.15. The Morgan fingerprint density at radius 2 is 2.00 bits per heavy atom. The molecule has 0 fully saturated rings. The number of nitrogens with one attached hydrogen (secondary N) is 1. The number of aromatic amines is 1. The lowest BCUT2D eigenvalue weighted by Gasteiger charge is -2.27. The van der Waals surface area contributed by atoms with E-state index in [0.29, 0.717) is 12.4 Å². The summed E-state index contributed by atoms with van der Waals surface area (Å²) in [6.07, 6.45) is 5.98. The first-order valence-corrected chi connectivity index (χ1v) is 10.6. The van der Waals surface area contributed by atoms with Gasteiger partial charge < -0.3 is 4.98 Å². The van der Waals surface area contributed by atoms with Crippen LogP contribution in [0.1, 0.15) is 41.9 Å². The summed E-state index contributed by atoms with van der Waals surface area (Å²) in [6.45, 7) is 3.07. The number of rotatable bonds is 4. The van der Waals surface area contributed by atoms with Gasteiger partial charge in [-0.2, -0.15) is 5.10 Å². The van der Waals surface area contributed by atoms with E-state index in [1.54, 1.807) is 0 Å². The zero-order valence-electron chi connectivity index (χ0n) is 17.3. The Labute approximate surface area is 175 Å². The minimum atomic E-state index is -0.0255. The molecule has 7 nitrogen and oxygen atoms in total. The Morgan fingerprint density at radius 3 is 2.80 bits per heavy atom. The molecule has 5 rings (SSSR count). The van der Waals surface area contributed by atoms with Crippen LogP contribution in [0.5, 0.6) is 0 Å². The van der Waals surface area contributed by atoms with Crippen molar-refractivity contribution in [1.29, 1.82) is 0 Å². The molecular formula is C23H26N6O. The van der Waals surface area contributed by atoms with Crippen LogP contribution >= 0.6 is 0 Å². The summed E-state index contributed by atoms with van der Waals surface area (Å²) in [5, 5.41) is 4.67. The van der Waals surface area contributed by atoms with Gasteiger partial charge in [0.15, 0.2) is 5.82 Å². The SMILES string of the molecule is Cn1cc(CN2CCc3nc(C4=NCCCC4)[nH]c(=O)c3C2)c(-c2ccccc2)n1. The number of hydrogen-bond acceptors (Lipinski definition) is 5. The summed E-state index contributed by atoms with van der Waals surface area (Å²) in [4.78, 5) is 27.5. The van der Waals surface area contributed by atoms with Gasteiger partial charge in [0, 0.05) is 57.0 Å². The number of aryl methyl sites for hydroxylation is 1. The van der Waals surface area contributed by atoms with Gasteiger partial charge in [-0.05, 0) is 19.3 Å². The van der Waals surface area contributed by atoms with Gasteiger partial charge in [0.25, 0.3) is 5.56 Å². The monoisotopic (exact) mass is 402 g/mol. The van der Waals surface area contributed by atoms with E-state index in [1.165, 1.54) is 5.56 Å². The first-order chi connectivity index (χ1) is 14.7. The topological polar surface area (TPSA) is 79.2 Å². The van der Waals surface area contributed by atoms with Crippen LogP contribution < -0.4 is 5.56 Å². The van der Waals surface area contributed by atoms with Gasteiger partial charge in [-0.25, -0.2) is 4.98 Å². The summed E-state index contributed by atoms with van der Waals surface area (Å²) in [5.41, 5.74) is 5.92. The summed E-state index contributed by atoms with van der Waals surface area (Å²) in [5.74, 6) is 0.672. The molecule has 0 unspecified atom stereocenters. The number of fused-ring (bicyclic) bond motifs is 1. The fourth-order valence-electron chi connectivity index (χ4n) is 4.38. The van der Waals surface area contributed by atoms with E-state index in [0.717, 1.165) is 73.5 Å². The van der Waals surface area contributed by atoms with E-state index in [2.05, 4.69) is 38.3 Å². The number of nitrogens with zero attached hydrogens (tertiary/aromatic N) is 5. The third kappa shape index (κ3) is 3.73. The van der Waals surface area contributed by atoms with Gasteiger partial charge in [0.05, 0.1) is 22.7 Å². The van der Waals surface area contributed by atoms with E-state index >= 15 is 0 Å². The van der Waals surface area contributed by atoms with E-state index in [1.807, 2.05) is 29.9 Å². The zero-order chi connectivity index (χ0) is 20.5. The summed E-state index contributed by atoms with van der Waals surface area (Å²) in [7, 11) is 1.95. The molecule has 30 heavy (non-hydrogen) atoms. The minimum Gasteiger partial charge on any atom is -0.305 e. The van der Waals surface area contributed by atoms with Crippen molar-refractivity contribution in [3.8, 4) is 11.3 Å². The quantitative estimate of drug-likeness (QED) is 0.728. The van der Waals surface area contributed by atoms with Crippen LogP contribution in [0, 0.1) is 0 Å². The van der Waals surface area contributed by atoms with Crippen LogP contribution in [0.3, 0.4) is 0 Å². The van der Waals surface area contributed by atoms with Crippen LogP contribution in [0.15, 0.2) is 46.3 Å². The molecule has 7 heteroatoms. The van der Waals surface area contributed by atoms with Crippen molar-refractivity contribution >= 4 is 5.71 Å². The van der Waals surface area contributed by atoms with Gasteiger partial charge in [0.2, 0.25) is 0 Å². The molecule has 2 aliphatic heterocycles. The van der Waals surface area contributed by atoms with Crippen LogP contribution in [0.4, 0.5) is 0 Å². The fourth-order valence-corrected chi connectivity index (χ4v) is 4.38. The number of benzene rings is 1. The highest BCUT2D eigenvalue weighted by Gasteiger charge is 2.24. The molecule has 154 valence electrons. The summed E-state index contributed by atoms with van der Waals surface area (Å²) >= 11 is 0. The molecular weight excluding hydrogens is 376 g/mol. The maximum absolute atomic E-state index is 12.8. The highest BCUT2D eigenvalue weighted by molar-refractivity contribution is 5.97. The molecule has 3 aromatic rings. The number of hydrogen-bond donors (Lipinski definition) is 1. The second-order valence-electron chi connectivity index (χ2n) is 8.13. The van der Waals surface area contributed by atoms with Gasteiger partial charge in [-0.3, -0.25) is 19.4 Å². The Balaban J connectivity index is 1.38. The van der Waals surface area contributed by atoms with E-state index < -0.39 is 0 Å². The smallest absolute Gasteiger partial charge is 0.255 e. The van der Waals surface area contributed by atoms with Crippen LogP contribution in [-0.2, 0) is 26.6 Å². The highest BCUT2D eigenvalue weighted by atomic mass is 16.1. The Hall–Kier alpha value is -3.06. The zero-order valence-corrected chi connectivity index (χ0v) is 17.3. The third-order valence-electron chi connectivity index (χ3n) is 5.89. The fraction of sp³-hybridized carbons (Fsp3) is 0.391. The van der Waals surface area contributed by atoms with Crippen molar-refractivity contribution in [2.45, 2.75) is 38.8 Å². The standard InChI is InChI=1S/C23H26N6O/c1-28-13-17(21(27-28)16-7-3-2-4-8-16)14-29-12-10-19-18(15-29)23(30)26-22(25-19)20-9-5-6-11-24-20/h2-4,7-8,13H,5-6,9-12,14-15H2,1H3,(H,25,26,30). The molecule has 2 aliphatic rings. The Bertz CT molecular complexity index is 1140. The summed E-state index contributed by atoms with van der Waals surface area (Å²) in [6, 6.07) is 10.2. The lowest BCUT2D eigenvalue weighted by atomic mass is 10.0. The first kappa shape index (κ1) is 18.9. The van der Waals surface area contributed by atoms with Gasteiger partial charge in [-0.1, -0.05) is 30.3 Å². The molecule has 0 radical (unpaired) electrons. The number of H-pyrrole nitrogens is 1. The second kappa shape index (κ2) is 7.99. The number of aromatic nitrogens is 4. The molecule has 1 N–H and O–H groups in total. The third-order valence-corrected chi connectivity index (χ3v) is 5.89. The highest BCUT2D eigenvalue weighted by Crippen LogP contribution is 2.25. The number of aliphatic imine (C=N–C) groups is 1. The largest absolute Gasteiger partial charge is 0.305 e. The molecule has 0 saturated heterocycles. The maximum atomic E-state index is 12.8. The van der Waals surface area contributed by atoms with E-state index in [-0.39, 0.29) is 5.56 Å². The van der Waals surface area contributed by atoms with Crippen molar-refractivity contribution in [3.05, 3.63) is 69.5 Å². The molecule has 4 heterocycles. The van der Waals surface area contributed by atoms with Crippen molar-refractivity contribution in [2.24, 2.45) is 12.0 Å². The van der Waals surface area contributed by atoms with Crippen LogP contribution in [0.2, 0.25) is 0 Å². The predicted octanol–water partition coefficient (Wildman–Crippen LogP) is 2.70. The van der Waals surface area contributed by atoms with E-state index in [4.69, 9.17) is 4.98 Å². The Morgan fingerprint density at radius 1 is 1.13 bits per heavy atom. The molecule has 0 spiro atoms. The summed E-state index contributed by atoms with van der Waals surface area (Å²) < 4.78 is 1.86. The van der Waals surface area contributed by atoms with Crippen molar-refractivity contribution in [2.75, 3.05) is 13.1 Å². The minimum absolute atomic E-state index is 0.0255. The maximum Gasteiger partial charge on any atom is 0.255 e. The molecule has 0 bridgehead atoms. The normalized spacial score (nSPS) is 16.9. The van der Waals surface area contributed by atoms with E-state index in [9.17, 15) is 4.79 Å². The van der Waals surface area contributed by atoms with Crippen LogP contribution in [-0.4, -0.2) is 43.4 Å². The molecule has 0 saturated carbocycles. The van der Waals surface area contributed by atoms with Gasteiger partial charge in [-0.15, -0.1) is 0 Å². The van der Waals surface area contributed by atoms with Gasteiger partial charge >= 0.3 is 0 Å². The first-order valence-electron chi connectivity index (χ1n) is 10.6. The molecule has 2 aromatic heterocycles. The van der Waals surface area contributed by atoms with Crippen molar-refractivity contribution in [3.63, 3.8) is 0 Å². The van der Waals surface area contributed by atoms with Gasteiger partial charge in [0.1, 0.15) is 0 Å². The van der Waals surface area contributed by atoms with Crippen molar-refractivity contribution in [1.82, 2.24) is 24.6 Å².